The van der Waals surface area contributed by atoms with Gasteiger partial charge in [0.15, 0.2) is 5.82 Å². The van der Waals surface area contributed by atoms with Crippen molar-refractivity contribution in [3.8, 4) is 5.75 Å². The second kappa shape index (κ2) is 9.26. The van der Waals surface area contributed by atoms with E-state index in [9.17, 15) is 0 Å². The maximum absolute atomic E-state index is 5.92. The molecule has 0 saturated carbocycles. The van der Waals surface area contributed by atoms with Gasteiger partial charge in [-0.15, -0.1) is 10.2 Å². The first kappa shape index (κ1) is 19.7. The number of likely N-dealkylation sites (N-methyl/N-ethyl adjacent to an activating group) is 1. The number of nitrogens with one attached hydrogen (secondary N) is 1. The van der Waals surface area contributed by atoms with Gasteiger partial charge in [-0.3, -0.25) is 0 Å². The Morgan fingerprint density at radius 3 is 2.50 bits per heavy atom. The lowest BCUT2D eigenvalue weighted by Gasteiger charge is -2.18. The minimum atomic E-state index is 0.0694. The number of aromatic amines is 1. The molecule has 0 radical (unpaired) electrons. The topological polar surface area (TPSA) is 71.9 Å². The Morgan fingerprint density at radius 1 is 1.03 bits per heavy atom. The molecule has 4 aromatic rings. The number of hydrogen-bond donors (Lipinski definition) is 1. The van der Waals surface area contributed by atoms with Crippen molar-refractivity contribution in [2.24, 2.45) is 0 Å². The molecule has 1 N–H and O–H groups in total. The SMILES string of the molecule is Cc1nnc([C@H](Cc2ccc(OCCN(C)c3ccccn3)cc2)n2cccc2)[nH]1. The zero-order chi connectivity index (χ0) is 20.8. The number of ether oxygens (including phenoxy) is 1. The van der Waals surface area contributed by atoms with Gasteiger partial charge in [0.25, 0.3) is 0 Å². The van der Waals surface area contributed by atoms with Gasteiger partial charge in [0.05, 0.1) is 12.6 Å². The van der Waals surface area contributed by atoms with Gasteiger partial charge in [0.1, 0.15) is 24.0 Å². The monoisotopic (exact) mass is 402 g/mol. The minimum Gasteiger partial charge on any atom is -0.492 e. The average molecular weight is 403 g/mol. The number of benzene rings is 1. The summed E-state index contributed by atoms with van der Waals surface area (Å²) in [5.74, 6) is 3.49. The lowest BCUT2D eigenvalue weighted by molar-refractivity contribution is 0.325. The highest BCUT2D eigenvalue weighted by atomic mass is 16.5. The maximum atomic E-state index is 5.92. The summed E-state index contributed by atoms with van der Waals surface area (Å²) in [6.45, 7) is 3.27. The van der Waals surface area contributed by atoms with Gasteiger partial charge in [-0.05, 0) is 48.9 Å². The number of anilines is 1. The zero-order valence-electron chi connectivity index (χ0n) is 17.3. The van der Waals surface area contributed by atoms with E-state index in [1.165, 1.54) is 5.56 Å². The number of hydrogen-bond acceptors (Lipinski definition) is 5. The largest absolute Gasteiger partial charge is 0.492 e. The predicted molar refractivity (Wildman–Crippen MR) is 117 cm³/mol. The standard InChI is InChI=1S/C23H26N6O/c1-18-25-23(27-26-18)21(29-13-5-6-14-29)17-19-8-10-20(11-9-19)30-16-15-28(2)22-7-3-4-12-24-22/h3-14,21H,15-17H2,1-2H3,(H,25,26,27)/t21-/m0/s1. The molecule has 0 spiro atoms. The highest BCUT2D eigenvalue weighted by molar-refractivity contribution is 5.36. The fourth-order valence-corrected chi connectivity index (χ4v) is 3.35. The second-order valence-electron chi connectivity index (χ2n) is 7.25. The summed E-state index contributed by atoms with van der Waals surface area (Å²) in [5.41, 5.74) is 1.21. The van der Waals surface area contributed by atoms with E-state index < -0.39 is 0 Å². The highest BCUT2D eigenvalue weighted by Gasteiger charge is 2.17. The Hall–Kier alpha value is -3.61. The third-order valence-electron chi connectivity index (χ3n) is 5.01. The average Bonchev–Trinajstić information content (AvgIpc) is 3.46. The van der Waals surface area contributed by atoms with Crippen LogP contribution in [0.2, 0.25) is 0 Å². The van der Waals surface area contributed by atoms with Crippen LogP contribution in [0.4, 0.5) is 5.82 Å². The van der Waals surface area contributed by atoms with Crippen LogP contribution in [0.3, 0.4) is 0 Å². The summed E-state index contributed by atoms with van der Waals surface area (Å²) in [4.78, 5) is 9.70. The Morgan fingerprint density at radius 2 is 1.83 bits per heavy atom. The Balaban J connectivity index is 1.35. The van der Waals surface area contributed by atoms with E-state index in [4.69, 9.17) is 4.74 Å². The quantitative estimate of drug-likeness (QED) is 0.463. The van der Waals surface area contributed by atoms with Crippen LogP contribution >= 0.6 is 0 Å². The number of nitrogens with zero attached hydrogens (tertiary/aromatic N) is 5. The van der Waals surface area contributed by atoms with Gasteiger partial charge in [-0.2, -0.15) is 0 Å². The van der Waals surface area contributed by atoms with E-state index in [1.807, 2.05) is 56.4 Å². The molecule has 1 atom stereocenters. The van der Waals surface area contributed by atoms with Crippen LogP contribution < -0.4 is 9.64 Å². The molecule has 1 aromatic carbocycles. The van der Waals surface area contributed by atoms with Crippen molar-refractivity contribution in [1.82, 2.24) is 24.7 Å². The summed E-state index contributed by atoms with van der Waals surface area (Å²) in [6.07, 6.45) is 6.72. The summed E-state index contributed by atoms with van der Waals surface area (Å²) in [5, 5.41) is 8.43. The lowest BCUT2D eigenvalue weighted by Crippen LogP contribution is -2.24. The van der Waals surface area contributed by atoms with Gasteiger partial charge in [0.2, 0.25) is 0 Å². The number of pyridine rings is 1. The molecule has 0 unspecified atom stereocenters. The van der Waals surface area contributed by atoms with Gasteiger partial charge in [-0.25, -0.2) is 4.98 Å². The number of rotatable bonds is 9. The molecule has 0 aliphatic rings. The van der Waals surface area contributed by atoms with Crippen LogP contribution in [0.15, 0.2) is 73.2 Å². The van der Waals surface area contributed by atoms with E-state index in [0.717, 1.165) is 36.2 Å². The van der Waals surface area contributed by atoms with Gasteiger partial charge >= 0.3 is 0 Å². The lowest BCUT2D eigenvalue weighted by atomic mass is 10.1. The van der Waals surface area contributed by atoms with Crippen LogP contribution in [-0.4, -0.2) is 44.9 Å². The Kier molecular flexibility index (Phi) is 6.08. The van der Waals surface area contributed by atoms with Crippen molar-refractivity contribution in [3.05, 3.63) is 90.4 Å². The molecule has 7 heteroatoms. The maximum Gasteiger partial charge on any atom is 0.153 e. The summed E-state index contributed by atoms with van der Waals surface area (Å²) in [6, 6.07) is 18.3. The minimum absolute atomic E-state index is 0.0694. The van der Waals surface area contributed by atoms with Crippen molar-refractivity contribution in [2.75, 3.05) is 25.1 Å². The molecule has 0 bridgehead atoms. The summed E-state index contributed by atoms with van der Waals surface area (Å²) >= 11 is 0. The molecule has 3 aromatic heterocycles. The van der Waals surface area contributed by atoms with Crippen molar-refractivity contribution in [1.29, 1.82) is 0 Å². The Labute approximate surface area is 176 Å². The third-order valence-corrected chi connectivity index (χ3v) is 5.01. The van der Waals surface area contributed by atoms with Crippen molar-refractivity contribution in [2.45, 2.75) is 19.4 Å². The second-order valence-corrected chi connectivity index (χ2v) is 7.25. The Bertz CT molecular complexity index is 1030. The third kappa shape index (κ3) is 4.86. The molecule has 0 aliphatic carbocycles. The smallest absolute Gasteiger partial charge is 0.153 e. The van der Waals surface area contributed by atoms with Gasteiger partial charge in [-0.1, -0.05) is 18.2 Å². The molecule has 30 heavy (non-hydrogen) atoms. The fraction of sp³-hybridized carbons (Fsp3) is 0.261. The van der Waals surface area contributed by atoms with Crippen molar-refractivity contribution >= 4 is 5.82 Å². The van der Waals surface area contributed by atoms with E-state index >= 15 is 0 Å². The fourth-order valence-electron chi connectivity index (χ4n) is 3.35. The molecular formula is C23H26N6O. The van der Waals surface area contributed by atoms with Crippen LogP contribution in [0, 0.1) is 6.92 Å². The molecule has 0 amide bonds. The zero-order valence-corrected chi connectivity index (χ0v) is 17.3. The first-order valence-corrected chi connectivity index (χ1v) is 10.0. The van der Waals surface area contributed by atoms with Crippen LogP contribution in [0.5, 0.6) is 5.75 Å². The first-order valence-electron chi connectivity index (χ1n) is 10.0. The van der Waals surface area contributed by atoms with Crippen LogP contribution in [0.25, 0.3) is 0 Å². The predicted octanol–water partition coefficient (Wildman–Crippen LogP) is 3.66. The van der Waals surface area contributed by atoms with E-state index in [1.54, 1.807) is 6.20 Å². The van der Waals surface area contributed by atoms with Crippen LogP contribution in [-0.2, 0) is 6.42 Å². The molecule has 7 nitrogen and oxygen atoms in total. The first-order chi connectivity index (χ1) is 14.7. The highest BCUT2D eigenvalue weighted by Crippen LogP contribution is 2.22. The molecule has 3 heterocycles. The normalized spacial score (nSPS) is 11.9. The van der Waals surface area contributed by atoms with E-state index in [2.05, 4.69) is 54.2 Å². The summed E-state index contributed by atoms with van der Waals surface area (Å²) in [7, 11) is 2.02. The van der Waals surface area contributed by atoms with Crippen molar-refractivity contribution < 1.29 is 4.74 Å². The number of H-pyrrole nitrogens is 1. The molecule has 0 aliphatic heterocycles. The van der Waals surface area contributed by atoms with Crippen molar-refractivity contribution in [3.63, 3.8) is 0 Å². The molecule has 154 valence electrons. The van der Waals surface area contributed by atoms with E-state index in [0.29, 0.717) is 6.61 Å². The molecular weight excluding hydrogens is 376 g/mol. The molecule has 0 saturated heterocycles. The molecule has 4 rings (SSSR count). The number of aromatic nitrogens is 5. The van der Waals surface area contributed by atoms with Gasteiger partial charge in [0, 0.05) is 32.1 Å². The molecule has 0 fully saturated rings. The number of aryl methyl sites for hydroxylation is 1. The van der Waals surface area contributed by atoms with E-state index in [-0.39, 0.29) is 6.04 Å². The van der Waals surface area contributed by atoms with Gasteiger partial charge < -0.3 is 19.2 Å². The van der Waals surface area contributed by atoms with Crippen LogP contribution in [0.1, 0.15) is 23.3 Å². The summed E-state index contributed by atoms with van der Waals surface area (Å²) < 4.78 is 8.07.